The van der Waals surface area contributed by atoms with E-state index in [1.54, 1.807) is 7.05 Å². The maximum Gasteiger partial charge on any atom is 0.231 e. The lowest BCUT2D eigenvalue weighted by Crippen LogP contribution is -2.37. The Morgan fingerprint density at radius 2 is 1.95 bits per heavy atom. The van der Waals surface area contributed by atoms with Crippen molar-refractivity contribution in [2.75, 3.05) is 37.4 Å². The smallest absolute Gasteiger partial charge is 0.231 e. The Labute approximate surface area is 118 Å². The van der Waals surface area contributed by atoms with Gasteiger partial charge in [0, 0.05) is 32.2 Å². The van der Waals surface area contributed by atoms with Crippen LogP contribution in [0, 0.1) is 0 Å². The Balaban J connectivity index is 1.84. The molecule has 2 atom stereocenters. The molecule has 0 aliphatic carbocycles. The Morgan fingerprint density at radius 3 is 2.74 bits per heavy atom. The van der Waals surface area contributed by atoms with Crippen LogP contribution in [0.15, 0.2) is 0 Å². The van der Waals surface area contributed by atoms with Crippen LogP contribution >= 0.6 is 11.6 Å². The molecule has 0 amide bonds. The van der Waals surface area contributed by atoms with Crippen molar-refractivity contribution in [3.8, 4) is 0 Å². The molecule has 0 aromatic carbocycles. The van der Waals surface area contributed by atoms with E-state index in [1.807, 2.05) is 0 Å². The molecule has 2 bridgehead atoms. The molecule has 2 fully saturated rings. The fourth-order valence-corrected chi connectivity index (χ4v) is 3.24. The standard InChI is InChI=1S/C12H19ClN6/c1-14-11-15-10(13)16-12(17-11)19-6-5-8-3-4-9(7-19)18(8)2/h8-9H,3-7H2,1-2H3,(H,14,15,16,17). The molecule has 3 rings (SSSR count). The van der Waals surface area contributed by atoms with Crippen LogP contribution in [0.2, 0.25) is 5.28 Å². The number of anilines is 2. The summed E-state index contributed by atoms with van der Waals surface area (Å²) in [5.41, 5.74) is 0. The van der Waals surface area contributed by atoms with Crippen molar-refractivity contribution in [1.29, 1.82) is 0 Å². The zero-order chi connectivity index (χ0) is 13.4. The minimum Gasteiger partial charge on any atom is -0.357 e. The molecule has 0 saturated carbocycles. The Kier molecular flexibility index (Phi) is 3.45. The summed E-state index contributed by atoms with van der Waals surface area (Å²) in [6, 6.07) is 1.30. The third-order valence-corrected chi connectivity index (χ3v) is 4.42. The summed E-state index contributed by atoms with van der Waals surface area (Å²) in [6.45, 7) is 1.95. The maximum absolute atomic E-state index is 5.96. The number of rotatable bonds is 2. The average molecular weight is 283 g/mol. The predicted molar refractivity (Wildman–Crippen MR) is 75.8 cm³/mol. The largest absolute Gasteiger partial charge is 0.357 e. The van der Waals surface area contributed by atoms with E-state index in [2.05, 4.69) is 37.1 Å². The minimum absolute atomic E-state index is 0.247. The van der Waals surface area contributed by atoms with Gasteiger partial charge in [0.25, 0.3) is 0 Å². The van der Waals surface area contributed by atoms with Crippen molar-refractivity contribution < 1.29 is 0 Å². The highest BCUT2D eigenvalue weighted by Crippen LogP contribution is 2.30. The molecule has 6 nitrogen and oxygen atoms in total. The van der Waals surface area contributed by atoms with Crippen LogP contribution in [0.1, 0.15) is 19.3 Å². The third-order valence-electron chi connectivity index (χ3n) is 4.25. The summed E-state index contributed by atoms with van der Waals surface area (Å²) < 4.78 is 0. The normalized spacial score (nSPS) is 27.4. The summed E-state index contributed by atoms with van der Waals surface area (Å²) in [7, 11) is 4.01. The van der Waals surface area contributed by atoms with Gasteiger partial charge in [-0.05, 0) is 37.9 Å². The molecule has 3 heterocycles. The number of hydrogen-bond donors (Lipinski definition) is 1. The van der Waals surface area contributed by atoms with E-state index in [0.29, 0.717) is 24.0 Å². The molecule has 1 aromatic rings. The van der Waals surface area contributed by atoms with Gasteiger partial charge >= 0.3 is 0 Å². The molecule has 2 saturated heterocycles. The summed E-state index contributed by atoms with van der Waals surface area (Å²) >= 11 is 5.96. The molecule has 19 heavy (non-hydrogen) atoms. The van der Waals surface area contributed by atoms with Crippen LogP contribution in [0.3, 0.4) is 0 Å². The second-order valence-electron chi connectivity index (χ2n) is 5.26. The fraction of sp³-hybridized carbons (Fsp3) is 0.750. The van der Waals surface area contributed by atoms with E-state index in [1.165, 1.54) is 12.8 Å². The van der Waals surface area contributed by atoms with Crippen LogP contribution in [-0.4, -0.2) is 59.1 Å². The number of hydrogen-bond acceptors (Lipinski definition) is 6. The lowest BCUT2D eigenvalue weighted by atomic mass is 10.1. The fourth-order valence-electron chi connectivity index (χ4n) is 3.08. The molecule has 0 radical (unpaired) electrons. The molecular formula is C12H19ClN6. The van der Waals surface area contributed by atoms with Crippen molar-refractivity contribution in [2.45, 2.75) is 31.3 Å². The molecule has 104 valence electrons. The van der Waals surface area contributed by atoms with Gasteiger partial charge in [0.1, 0.15) is 0 Å². The zero-order valence-electron chi connectivity index (χ0n) is 11.3. The number of fused-ring (bicyclic) bond motifs is 2. The van der Waals surface area contributed by atoms with Gasteiger partial charge in [-0.25, -0.2) is 0 Å². The molecule has 1 N–H and O–H groups in total. The zero-order valence-corrected chi connectivity index (χ0v) is 12.1. The van der Waals surface area contributed by atoms with Gasteiger partial charge in [-0.2, -0.15) is 15.0 Å². The summed E-state index contributed by atoms with van der Waals surface area (Å²) in [5, 5.41) is 3.17. The first kappa shape index (κ1) is 12.9. The summed E-state index contributed by atoms with van der Waals surface area (Å²) in [4.78, 5) is 17.4. The third kappa shape index (κ3) is 2.47. The van der Waals surface area contributed by atoms with Gasteiger partial charge in [0.15, 0.2) is 0 Å². The SMILES string of the molecule is CNc1nc(Cl)nc(N2CCC3CCC(C2)N3C)n1. The van der Waals surface area contributed by atoms with Gasteiger partial charge in [0.05, 0.1) is 0 Å². The van der Waals surface area contributed by atoms with E-state index in [4.69, 9.17) is 11.6 Å². The first-order valence-electron chi connectivity index (χ1n) is 6.73. The second-order valence-corrected chi connectivity index (χ2v) is 5.60. The first-order chi connectivity index (χ1) is 9.17. The highest BCUT2D eigenvalue weighted by Gasteiger charge is 2.35. The molecule has 2 aliphatic heterocycles. The van der Waals surface area contributed by atoms with Crippen molar-refractivity contribution in [2.24, 2.45) is 0 Å². The van der Waals surface area contributed by atoms with Crippen LogP contribution in [0.5, 0.6) is 0 Å². The number of aromatic nitrogens is 3. The summed E-state index contributed by atoms with van der Waals surface area (Å²) in [5.74, 6) is 1.21. The summed E-state index contributed by atoms with van der Waals surface area (Å²) in [6.07, 6.45) is 3.73. The Morgan fingerprint density at radius 1 is 1.16 bits per heavy atom. The lowest BCUT2D eigenvalue weighted by Gasteiger charge is -2.25. The van der Waals surface area contributed by atoms with Crippen molar-refractivity contribution in [1.82, 2.24) is 19.9 Å². The Hall–Kier alpha value is -1.14. The molecule has 1 aromatic heterocycles. The van der Waals surface area contributed by atoms with E-state index in [0.717, 1.165) is 19.5 Å². The van der Waals surface area contributed by atoms with Gasteiger partial charge < -0.3 is 10.2 Å². The Bertz CT molecular complexity index is 468. The predicted octanol–water partition coefficient (Wildman–Crippen LogP) is 1.24. The van der Waals surface area contributed by atoms with Gasteiger partial charge in [0.2, 0.25) is 17.2 Å². The van der Waals surface area contributed by atoms with Crippen LogP contribution < -0.4 is 10.2 Å². The van der Waals surface area contributed by atoms with E-state index >= 15 is 0 Å². The maximum atomic E-state index is 5.96. The molecular weight excluding hydrogens is 264 g/mol. The molecule has 2 unspecified atom stereocenters. The highest BCUT2D eigenvalue weighted by atomic mass is 35.5. The van der Waals surface area contributed by atoms with Gasteiger partial charge in [-0.3, -0.25) is 4.90 Å². The quantitative estimate of drug-likeness (QED) is 0.881. The monoisotopic (exact) mass is 282 g/mol. The number of halogens is 1. The average Bonchev–Trinajstić information content (AvgIpc) is 2.62. The van der Waals surface area contributed by atoms with Crippen LogP contribution in [0.4, 0.5) is 11.9 Å². The lowest BCUT2D eigenvalue weighted by molar-refractivity contribution is 0.254. The molecule has 2 aliphatic rings. The van der Waals surface area contributed by atoms with Crippen molar-refractivity contribution in [3.05, 3.63) is 5.28 Å². The topological polar surface area (TPSA) is 57.2 Å². The van der Waals surface area contributed by atoms with Crippen molar-refractivity contribution >= 4 is 23.5 Å². The molecule has 0 spiro atoms. The van der Waals surface area contributed by atoms with Gasteiger partial charge in [-0.15, -0.1) is 0 Å². The number of nitrogens with one attached hydrogen (secondary N) is 1. The van der Waals surface area contributed by atoms with E-state index < -0.39 is 0 Å². The van der Waals surface area contributed by atoms with E-state index in [-0.39, 0.29) is 5.28 Å². The number of nitrogens with zero attached hydrogens (tertiary/aromatic N) is 5. The minimum atomic E-state index is 0.247. The van der Waals surface area contributed by atoms with Gasteiger partial charge in [-0.1, -0.05) is 0 Å². The van der Waals surface area contributed by atoms with Crippen LogP contribution in [0.25, 0.3) is 0 Å². The second kappa shape index (κ2) is 5.09. The van der Waals surface area contributed by atoms with E-state index in [9.17, 15) is 0 Å². The number of likely N-dealkylation sites (N-methyl/N-ethyl adjacent to an activating group) is 1. The van der Waals surface area contributed by atoms with Crippen LogP contribution in [-0.2, 0) is 0 Å². The molecule has 7 heteroatoms. The highest BCUT2D eigenvalue weighted by molar-refractivity contribution is 6.28. The van der Waals surface area contributed by atoms with Crippen molar-refractivity contribution in [3.63, 3.8) is 0 Å². The first-order valence-corrected chi connectivity index (χ1v) is 7.11.